The molecule has 1 saturated carbocycles. The number of likely N-dealkylation sites (N-methyl/N-ethyl adjacent to an activating group) is 1. The summed E-state index contributed by atoms with van der Waals surface area (Å²) >= 11 is 0. The molecule has 0 aromatic heterocycles. The molecular weight excluding hydrogens is 196 g/mol. The topological polar surface area (TPSA) is 29.3 Å². The van der Waals surface area contributed by atoms with E-state index in [1.54, 1.807) is 0 Å². The minimum absolute atomic E-state index is 0.383. The Bertz CT molecular complexity index is 209. The van der Waals surface area contributed by atoms with E-state index in [0.717, 1.165) is 12.5 Å². The maximum absolute atomic E-state index is 6.26. The zero-order valence-corrected chi connectivity index (χ0v) is 11.8. The minimum atomic E-state index is 0.383. The van der Waals surface area contributed by atoms with Crippen molar-refractivity contribution in [2.24, 2.45) is 17.1 Å². The van der Waals surface area contributed by atoms with Crippen LogP contribution in [0, 0.1) is 11.3 Å². The quantitative estimate of drug-likeness (QED) is 0.798. The maximum atomic E-state index is 6.26. The Kier molecular flexibility index (Phi) is 4.81. The molecule has 1 rings (SSSR count). The third kappa shape index (κ3) is 2.98. The second kappa shape index (κ2) is 5.50. The van der Waals surface area contributed by atoms with Gasteiger partial charge in [-0.25, -0.2) is 0 Å². The summed E-state index contributed by atoms with van der Waals surface area (Å²) in [6, 6.07) is 0.975. The molecule has 1 aliphatic carbocycles. The van der Waals surface area contributed by atoms with Gasteiger partial charge >= 0.3 is 0 Å². The minimum Gasteiger partial charge on any atom is -0.326 e. The first-order valence-corrected chi connectivity index (χ1v) is 6.88. The van der Waals surface area contributed by atoms with Gasteiger partial charge in [-0.3, -0.25) is 0 Å². The molecule has 0 saturated heterocycles. The smallest absolute Gasteiger partial charge is 0.0246 e. The monoisotopic (exact) mass is 226 g/mol. The third-order valence-corrected chi connectivity index (χ3v) is 4.95. The highest BCUT2D eigenvalue weighted by Crippen LogP contribution is 2.41. The van der Waals surface area contributed by atoms with E-state index in [4.69, 9.17) is 5.73 Å². The van der Waals surface area contributed by atoms with Gasteiger partial charge in [-0.15, -0.1) is 0 Å². The molecule has 0 bridgehead atoms. The van der Waals surface area contributed by atoms with Crippen molar-refractivity contribution in [2.75, 3.05) is 13.6 Å². The van der Waals surface area contributed by atoms with Gasteiger partial charge in [0.25, 0.3) is 0 Å². The first kappa shape index (κ1) is 14.0. The van der Waals surface area contributed by atoms with Crippen LogP contribution in [0.3, 0.4) is 0 Å². The standard InChI is InChI=1S/C14H30N2/c1-6-14(3,4)11-8-9-12(15)13(10-11)16(5)7-2/h11-13H,6-10,15H2,1-5H3. The van der Waals surface area contributed by atoms with Gasteiger partial charge in [0, 0.05) is 12.1 Å². The SMILES string of the molecule is CCN(C)C1CC(C(C)(C)CC)CCC1N. The third-order valence-electron chi connectivity index (χ3n) is 4.95. The van der Waals surface area contributed by atoms with E-state index in [9.17, 15) is 0 Å². The van der Waals surface area contributed by atoms with E-state index in [-0.39, 0.29) is 0 Å². The summed E-state index contributed by atoms with van der Waals surface area (Å²) in [6.07, 6.45) is 5.07. The van der Waals surface area contributed by atoms with Gasteiger partial charge < -0.3 is 10.6 Å². The van der Waals surface area contributed by atoms with Crippen LogP contribution in [0.4, 0.5) is 0 Å². The summed E-state index contributed by atoms with van der Waals surface area (Å²) in [5, 5.41) is 0. The molecule has 0 spiro atoms. The Balaban J connectivity index is 2.67. The van der Waals surface area contributed by atoms with Gasteiger partial charge in [-0.1, -0.05) is 34.1 Å². The van der Waals surface area contributed by atoms with Gasteiger partial charge in [0.1, 0.15) is 0 Å². The highest BCUT2D eigenvalue weighted by molar-refractivity contribution is 4.92. The van der Waals surface area contributed by atoms with Crippen molar-refractivity contribution in [3.63, 3.8) is 0 Å². The fourth-order valence-corrected chi connectivity index (χ4v) is 2.91. The van der Waals surface area contributed by atoms with Crippen LogP contribution in [-0.4, -0.2) is 30.6 Å². The van der Waals surface area contributed by atoms with E-state index in [2.05, 4.69) is 39.6 Å². The van der Waals surface area contributed by atoms with Crippen molar-refractivity contribution in [1.82, 2.24) is 4.90 Å². The van der Waals surface area contributed by atoms with Crippen LogP contribution >= 0.6 is 0 Å². The van der Waals surface area contributed by atoms with E-state index in [1.165, 1.54) is 25.7 Å². The van der Waals surface area contributed by atoms with Crippen LogP contribution in [0.25, 0.3) is 0 Å². The average molecular weight is 226 g/mol. The number of nitrogens with two attached hydrogens (primary N) is 1. The molecule has 0 heterocycles. The summed E-state index contributed by atoms with van der Waals surface area (Å²) < 4.78 is 0. The lowest BCUT2D eigenvalue weighted by molar-refractivity contribution is 0.0754. The highest BCUT2D eigenvalue weighted by Gasteiger charge is 2.36. The zero-order valence-electron chi connectivity index (χ0n) is 11.8. The summed E-state index contributed by atoms with van der Waals surface area (Å²) in [6.45, 7) is 10.5. The zero-order chi connectivity index (χ0) is 12.3. The molecule has 1 fully saturated rings. The van der Waals surface area contributed by atoms with Crippen molar-refractivity contribution in [2.45, 2.75) is 65.5 Å². The molecule has 0 radical (unpaired) electrons. The molecule has 0 aromatic carbocycles. The van der Waals surface area contributed by atoms with Crippen LogP contribution in [0.15, 0.2) is 0 Å². The number of hydrogen-bond donors (Lipinski definition) is 1. The fourth-order valence-electron chi connectivity index (χ4n) is 2.91. The van der Waals surface area contributed by atoms with Gasteiger partial charge in [-0.05, 0) is 44.2 Å². The van der Waals surface area contributed by atoms with Crippen molar-refractivity contribution in [3.8, 4) is 0 Å². The Morgan fingerprint density at radius 3 is 2.38 bits per heavy atom. The average Bonchev–Trinajstić information content (AvgIpc) is 2.28. The van der Waals surface area contributed by atoms with Gasteiger partial charge in [0.15, 0.2) is 0 Å². The Morgan fingerprint density at radius 1 is 1.25 bits per heavy atom. The fraction of sp³-hybridized carbons (Fsp3) is 1.00. The lowest BCUT2D eigenvalue weighted by Gasteiger charge is -2.45. The van der Waals surface area contributed by atoms with Crippen LogP contribution in [0.1, 0.15) is 53.4 Å². The van der Waals surface area contributed by atoms with Crippen molar-refractivity contribution in [3.05, 3.63) is 0 Å². The first-order valence-electron chi connectivity index (χ1n) is 6.88. The molecule has 3 atom stereocenters. The molecule has 96 valence electrons. The summed E-state index contributed by atoms with van der Waals surface area (Å²) in [4.78, 5) is 2.43. The van der Waals surface area contributed by atoms with E-state index in [1.807, 2.05) is 0 Å². The van der Waals surface area contributed by atoms with E-state index in [0.29, 0.717) is 17.5 Å². The van der Waals surface area contributed by atoms with Gasteiger partial charge in [-0.2, -0.15) is 0 Å². The predicted molar refractivity (Wildman–Crippen MR) is 71.5 cm³/mol. The Hall–Kier alpha value is -0.0800. The molecule has 0 aromatic rings. The molecule has 0 amide bonds. The maximum Gasteiger partial charge on any atom is 0.0246 e. The lowest BCUT2D eigenvalue weighted by Crippen LogP contribution is -2.51. The normalized spacial score (nSPS) is 32.1. The molecular formula is C14H30N2. The van der Waals surface area contributed by atoms with Crippen LogP contribution < -0.4 is 5.73 Å². The number of hydrogen-bond acceptors (Lipinski definition) is 2. The van der Waals surface area contributed by atoms with Gasteiger partial charge in [0.2, 0.25) is 0 Å². The Morgan fingerprint density at radius 2 is 1.88 bits per heavy atom. The van der Waals surface area contributed by atoms with Crippen molar-refractivity contribution < 1.29 is 0 Å². The van der Waals surface area contributed by atoms with Crippen molar-refractivity contribution in [1.29, 1.82) is 0 Å². The van der Waals surface area contributed by atoms with Crippen molar-refractivity contribution >= 4 is 0 Å². The predicted octanol–water partition coefficient (Wildman–Crippen LogP) is 2.87. The van der Waals surface area contributed by atoms with Crippen LogP contribution in [-0.2, 0) is 0 Å². The first-order chi connectivity index (χ1) is 7.42. The highest BCUT2D eigenvalue weighted by atomic mass is 15.1. The molecule has 1 aliphatic rings. The molecule has 16 heavy (non-hydrogen) atoms. The second-order valence-electron chi connectivity index (χ2n) is 6.16. The van der Waals surface area contributed by atoms with Crippen LogP contribution in [0.5, 0.6) is 0 Å². The summed E-state index contributed by atoms with van der Waals surface area (Å²) in [7, 11) is 2.21. The number of nitrogens with zero attached hydrogens (tertiary/aromatic N) is 1. The lowest BCUT2D eigenvalue weighted by atomic mass is 9.67. The number of rotatable bonds is 4. The molecule has 0 aliphatic heterocycles. The van der Waals surface area contributed by atoms with Crippen LogP contribution in [0.2, 0.25) is 0 Å². The summed E-state index contributed by atoms with van der Waals surface area (Å²) in [5.74, 6) is 0.844. The summed E-state index contributed by atoms with van der Waals surface area (Å²) in [5.41, 5.74) is 6.74. The molecule has 2 N–H and O–H groups in total. The molecule has 2 nitrogen and oxygen atoms in total. The second-order valence-corrected chi connectivity index (χ2v) is 6.16. The van der Waals surface area contributed by atoms with E-state index >= 15 is 0 Å². The van der Waals surface area contributed by atoms with E-state index < -0.39 is 0 Å². The largest absolute Gasteiger partial charge is 0.326 e. The molecule has 2 heteroatoms. The molecule has 3 unspecified atom stereocenters. The Labute approximate surface area is 102 Å². The van der Waals surface area contributed by atoms with Gasteiger partial charge in [0.05, 0.1) is 0 Å².